The zero-order chi connectivity index (χ0) is 13.1. The molecule has 0 aliphatic carbocycles. The highest BCUT2D eigenvalue weighted by molar-refractivity contribution is 9.10. The van der Waals surface area contributed by atoms with Gasteiger partial charge < -0.3 is 4.90 Å². The van der Waals surface area contributed by atoms with Gasteiger partial charge in [-0.05, 0) is 50.5 Å². The van der Waals surface area contributed by atoms with Crippen LogP contribution in [0.3, 0.4) is 0 Å². The molecule has 1 unspecified atom stereocenters. The zero-order valence-corrected chi connectivity index (χ0v) is 12.7. The fourth-order valence-electron chi connectivity index (χ4n) is 2.60. The van der Waals surface area contributed by atoms with Gasteiger partial charge in [-0.25, -0.2) is 0 Å². The molecular weight excluding hydrogens is 290 g/mol. The van der Waals surface area contributed by atoms with Crippen molar-refractivity contribution in [3.63, 3.8) is 0 Å². The minimum absolute atomic E-state index is 0.175. The van der Waals surface area contributed by atoms with Gasteiger partial charge in [0, 0.05) is 22.6 Å². The molecule has 1 aliphatic heterocycles. The number of rotatable bonds is 1. The lowest BCUT2D eigenvalue weighted by atomic mass is 10.1. The molecule has 1 aromatic rings. The number of amides is 1. The maximum atomic E-state index is 12.6. The van der Waals surface area contributed by atoms with Gasteiger partial charge in [0.05, 0.1) is 0 Å². The molecule has 1 aliphatic rings. The van der Waals surface area contributed by atoms with Crippen LogP contribution in [0, 0.1) is 6.92 Å². The average Bonchev–Trinajstić information content (AvgIpc) is 2.51. The van der Waals surface area contributed by atoms with Crippen molar-refractivity contribution in [3.8, 4) is 0 Å². The summed E-state index contributed by atoms with van der Waals surface area (Å²) in [5, 5.41) is 0. The monoisotopic (exact) mass is 309 g/mol. The summed E-state index contributed by atoms with van der Waals surface area (Å²) in [5.41, 5.74) is 1.92. The van der Waals surface area contributed by atoms with Crippen LogP contribution in [0.15, 0.2) is 22.7 Å². The Labute approximate surface area is 117 Å². The molecule has 3 heteroatoms. The first kappa shape index (κ1) is 13.6. The van der Waals surface area contributed by atoms with Crippen LogP contribution in [-0.2, 0) is 0 Å². The number of benzene rings is 1. The normalized spacial score (nSPS) is 20.6. The van der Waals surface area contributed by atoms with E-state index in [1.54, 1.807) is 0 Å². The van der Waals surface area contributed by atoms with Gasteiger partial charge in [0.15, 0.2) is 0 Å². The molecule has 2 nitrogen and oxygen atoms in total. The van der Waals surface area contributed by atoms with Gasteiger partial charge >= 0.3 is 0 Å². The Morgan fingerprint density at radius 1 is 1.28 bits per heavy atom. The number of likely N-dealkylation sites (tertiary alicyclic amines) is 1. The molecule has 2 rings (SSSR count). The molecule has 18 heavy (non-hydrogen) atoms. The number of carbonyl (C=O) groups is 1. The van der Waals surface area contributed by atoms with Crippen molar-refractivity contribution in [2.75, 3.05) is 6.54 Å². The molecule has 0 spiro atoms. The number of nitrogens with zero attached hydrogens (tertiary/aromatic N) is 1. The van der Waals surface area contributed by atoms with Crippen LogP contribution >= 0.6 is 15.9 Å². The van der Waals surface area contributed by atoms with Crippen LogP contribution in [-0.4, -0.2) is 23.4 Å². The average molecular weight is 310 g/mol. The molecule has 98 valence electrons. The summed E-state index contributed by atoms with van der Waals surface area (Å²) in [5.74, 6) is 0.175. The highest BCUT2D eigenvalue weighted by Gasteiger charge is 2.23. The molecule has 0 bridgehead atoms. The molecule has 0 radical (unpaired) electrons. The van der Waals surface area contributed by atoms with Crippen molar-refractivity contribution in [1.82, 2.24) is 4.90 Å². The number of carbonyl (C=O) groups excluding carboxylic acids is 1. The number of hydrogen-bond donors (Lipinski definition) is 0. The van der Waals surface area contributed by atoms with E-state index in [2.05, 4.69) is 22.9 Å². The van der Waals surface area contributed by atoms with Gasteiger partial charge in [0.2, 0.25) is 0 Å². The molecule has 1 aromatic carbocycles. The van der Waals surface area contributed by atoms with Crippen LogP contribution in [0.5, 0.6) is 0 Å². The molecule has 0 aromatic heterocycles. The zero-order valence-electron chi connectivity index (χ0n) is 11.1. The molecule has 1 fully saturated rings. The summed E-state index contributed by atoms with van der Waals surface area (Å²) in [4.78, 5) is 14.6. The largest absolute Gasteiger partial charge is 0.336 e. The van der Waals surface area contributed by atoms with E-state index in [0.29, 0.717) is 6.04 Å². The lowest BCUT2D eigenvalue weighted by Crippen LogP contribution is -2.38. The van der Waals surface area contributed by atoms with Crippen molar-refractivity contribution >= 4 is 21.8 Å². The molecule has 1 atom stereocenters. The van der Waals surface area contributed by atoms with Crippen LogP contribution < -0.4 is 0 Å². The fourth-order valence-corrected chi connectivity index (χ4v) is 3.21. The first-order valence-corrected chi connectivity index (χ1v) is 7.45. The summed E-state index contributed by atoms with van der Waals surface area (Å²) in [6.07, 6.45) is 4.73. The van der Waals surface area contributed by atoms with E-state index in [0.717, 1.165) is 35.0 Å². The lowest BCUT2D eigenvalue weighted by molar-refractivity contribution is 0.0697. The predicted molar refractivity (Wildman–Crippen MR) is 77.8 cm³/mol. The lowest BCUT2D eigenvalue weighted by Gasteiger charge is -2.27. The standard InChI is InChI=1S/C15H20BrNO/c1-11-8-13(10-14(16)9-11)15(18)17-7-5-3-4-6-12(17)2/h8-10,12H,3-7H2,1-2H3. The summed E-state index contributed by atoms with van der Waals surface area (Å²) < 4.78 is 0.980. The van der Waals surface area contributed by atoms with E-state index in [1.807, 2.05) is 30.0 Å². The molecule has 1 amide bonds. The SMILES string of the molecule is Cc1cc(Br)cc(C(=O)N2CCCCCC2C)c1. The smallest absolute Gasteiger partial charge is 0.254 e. The van der Waals surface area contributed by atoms with Gasteiger partial charge in [-0.15, -0.1) is 0 Å². The second-order valence-electron chi connectivity index (χ2n) is 5.21. The van der Waals surface area contributed by atoms with E-state index in [9.17, 15) is 4.79 Å². The number of hydrogen-bond acceptors (Lipinski definition) is 1. The van der Waals surface area contributed by atoms with Crippen LogP contribution in [0.4, 0.5) is 0 Å². The number of aryl methyl sites for hydroxylation is 1. The Hall–Kier alpha value is -0.830. The van der Waals surface area contributed by atoms with Crippen molar-refractivity contribution in [3.05, 3.63) is 33.8 Å². The third-order valence-corrected chi connectivity index (χ3v) is 4.06. The molecule has 1 heterocycles. The Morgan fingerprint density at radius 2 is 2.06 bits per heavy atom. The fraction of sp³-hybridized carbons (Fsp3) is 0.533. The van der Waals surface area contributed by atoms with Gasteiger partial charge in [0.25, 0.3) is 5.91 Å². The first-order chi connectivity index (χ1) is 8.58. The molecular formula is C15H20BrNO. The summed E-state index contributed by atoms with van der Waals surface area (Å²) in [6, 6.07) is 6.29. The van der Waals surface area contributed by atoms with E-state index in [4.69, 9.17) is 0 Å². The van der Waals surface area contributed by atoms with Crippen molar-refractivity contribution < 1.29 is 4.79 Å². The molecule has 0 N–H and O–H groups in total. The summed E-state index contributed by atoms with van der Waals surface area (Å²) in [7, 11) is 0. The van der Waals surface area contributed by atoms with Crippen molar-refractivity contribution in [2.24, 2.45) is 0 Å². The second kappa shape index (κ2) is 5.87. The van der Waals surface area contributed by atoms with E-state index >= 15 is 0 Å². The highest BCUT2D eigenvalue weighted by Crippen LogP contribution is 2.21. The summed E-state index contributed by atoms with van der Waals surface area (Å²) in [6.45, 7) is 5.08. The van der Waals surface area contributed by atoms with E-state index in [1.165, 1.54) is 12.8 Å². The Balaban J connectivity index is 2.23. The minimum Gasteiger partial charge on any atom is -0.336 e. The minimum atomic E-state index is 0.175. The third-order valence-electron chi connectivity index (χ3n) is 3.60. The van der Waals surface area contributed by atoms with Crippen LogP contribution in [0.25, 0.3) is 0 Å². The van der Waals surface area contributed by atoms with E-state index < -0.39 is 0 Å². The topological polar surface area (TPSA) is 20.3 Å². The Morgan fingerprint density at radius 3 is 2.78 bits per heavy atom. The highest BCUT2D eigenvalue weighted by atomic mass is 79.9. The second-order valence-corrected chi connectivity index (χ2v) is 6.13. The van der Waals surface area contributed by atoms with E-state index in [-0.39, 0.29) is 5.91 Å². The molecule has 0 saturated carbocycles. The number of halogens is 1. The summed E-state index contributed by atoms with van der Waals surface area (Å²) >= 11 is 3.47. The van der Waals surface area contributed by atoms with Crippen LogP contribution in [0.2, 0.25) is 0 Å². The predicted octanol–water partition coefficient (Wildman–Crippen LogP) is 4.16. The maximum Gasteiger partial charge on any atom is 0.254 e. The Bertz CT molecular complexity index is 424. The van der Waals surface area contributed by atoms with Gasteiger partial charge in [-0.2, -0.15) is 0 Å². The van der Waals surface area contributed by atoms with Crippen LogP contribution in [0.1, 0.15) is 48.5 Å². The van der Waals surface area contributed by atoms with Gasteiger partial charge in [-0.1, -0.05) is 28.8 Å². The van der Waals surface area contributed by atoms with Gasteiger partial charge in [0.1, 0.15) is 0 Å². The maximum absolute atomic E-state index is 12.6. The quantitative estimate of drug-likeness (QED) is 0.762. The first-order valence-electron chi connectivity index (χ1n) is 6.66. The Kier molecular flexibility index (Phi) is 4.44. The third kappa shape index (κ3) is 3.14. The van der Waals surface area contributed by atoms with Crippen molar-refractivity contribution in [2.45, 2.75) is 45.6 Å². The van der Waals surface area contributed by atoms with Gasteiger partial charge in [-0.3, -0.25) is 4.79 Å². The van der Waals surface area contributed by atoms with Crippen molar-refractivity contribution in [1.29, 1.82) is 0 Å². The molecule has 1 saturated heterocycles.